The molecule has 1 heterocycles. The molecule has 4 heteroatoms. The van der Waals surface area contributed by atoms with Gasteiger partial charge in [0.1, 0.15) is 0 Å². The molecule has 0 saturated heterocycles. The van der Waals surface area contributed by atoms with Crippen molar-refractivity contribution in [2.45, 2.75) is 19.4 Å². The van der Waals surface area contributed by atoms with Crippen molar-refractivity contribution in [2.75, 3.05) is 0 Å². The maximum absolute atomic E-state index is 12.8. The molecule has 0 fully saturated rings. The van der Waals surface area contributed by atoms with Gasteiger partial charge in [0.25, 0.3) is 0 Å². The highest BCUT2D eigenvalue weighted by Gasteiger charge is 2.10. The van der Waals surface area contributed by atoms with Gasteiger partial charge in [0.2, 0.25) is 0 Å². The topological polar surface area (TPSA) is 33.1 Å². The van der Waals surface area contributed by atoms with E-state index in [1.807, 2.05) is 0 Å². The van der Waals surface area contributed by atoms with Crippen LogP contribution < -0.4 is 0 Å². The van der Waals surface area contributed by atoms with Crippen molar-refractivity contribution in [3.05, 3.63) is 29.6 Å². The Morgan fingerprint density at radius 3 is 2.83 bits per heavy atom. The molecule has 0 aromatic carbocycles. The summed E-state index contributed by atoms with van der Waals surface area (Å²) in [6.07, 6.45) is 0.494. The van der Waals surface area contributed by atoms with Crippen LogP contribution in [0.4, 0.5) is 8.78 Å². The summed E-state index contributed by atoms with van der Waals surface area (Å²) in [5.41, 5.74) is -0.0370. The zero-order chi connectivity index (χ0) is 9.14. The van der Waals surface area contributed by atoms with E-state index < -0.39 is 17.7 Å². The quantitative estimate of drug-likeness (QED) is 0.730. The van der Waals surface area contributed by atoms with Crippen LogP contribution in [0.15, 0.2) is 12.3 Å². The lowest BCUT2D eigenvalue weighted by atomic mass is 10.2. The van der Waals surface area contributed by atoms with Crippen molar-refractivity contribution in [2.24, 2.45) is 0 Å². The number of nitrogens with zero attached hydrogens (tertiary/aromatic N) is 1. The van der Waals surface area contributed by atoms with Crippen molar-refractivity contribution < 1.29 is 13.9 Å². The Morgan fingerprint density at radius 2 is 2.25 bits per heavy atom. The van der Waals surface area contributed by atoms with Crippen LogP contribution in [0.2, 0.25) is 0 Å². The first-order chi connectivity index (χ1) is 5.61. The molecule has 1 N–H and O–H groups in total. The van der Waals surface area contributed by atoms with Crippen LogP contribution in [0.5, 0.6) is 0 Å². The second-order valence-electron chi connectivity index (χ2n) is 2.61. The van der Waals surface area contributed by atoms with Crippen molar-refractivity contribution in [1.82, 2.24) is 4.98 Å². The lowest BCUT2D eigenvalue weighted by molar-refractivity contribution is 0.192. The Labute approximate surface area is 68.9 Å². The van der Waals surface area contributed by atoms with Crippen LogP contribution >= 0.6 is 0 Å². The molecule has 2 nitrogen and oxygen atoms in total. The molecule has 0 spiro atoms. The molecule has 0 amide bonds. The van der Waals surface area contributed by atoms with Crippen LogP contribution in [0, 0.1) is 11.6 Å². The lowest BCUT2D eigenvalue weighted by Crippen LogP contribution is -2.08. The summed E-state index contributed by atoms with van der Waals surface area (Å²) < 4.78 is 25.3. The third-order valence-corrected chi connectivity index (χ3v) is 1.40. The molecular formula is C8H9F2NO. The fourth-order valence-electron chi connectivity index (χ4n) is 0.882. The summed E-state index contributed by atoms with van der Waals surface area (Å²) in [5.74, 6) is -1.90. The molecule has 1 atom stereocenters. The van der Waals surface area contributed by atoms with Gasteiger partial charge in [-0.1, -0.05) is 0 Å². The van der Waals surface area contributed by atoms with Crippen LogP contribution in [0.25, 0.3) is 0 Å². The number of aliphatic hydroxyl groups is 1. The van der Waals surface area contributed by atoms with Gasteiger partial charge in [-0.2, -0.15) is 0 Å². The van der Waals surface area contributed by atoms with E-state index in [0.29, 0.717) is 0 Å². The Hall–Kier alpha value is -1.03. The molecule has 0 aliphatic carbocycles. The van der Waals surface area contributed by atoms with Gasteiger partial charge in [0.05, 0.1) is 11.8 Å². The number of pyridine rings is 1. The van der Waals surface area contributed by atoms with E-state index in [0.717, 1.165) is 6.07 Å². The van der Waals surface area contributed by atoms with E-state index in [4.69, 9.17) is 5.11 Å². The maximum Gasteiger partial charge on any atom is 0.180 e. The number of aliphatic hydroxyl groups excluding tert-OH is 1. The molecule has 0 saturated carbocycles. The molecule has 1 aromatic rings. The lowest BCUT2D eigenvalue weighted by Gasteiger charge is -2.04. The van der Waals surface area contributed by atoms with E-state index in [1.165, 1.54) is 13.1 Å². The van der Waals surface area contributed by atoms with Crippen LogP contribution in [0.3, 0.4) is 0 Å². The summed E-state index contributed by atoms with van der Waals surface area (Å²) in [6, 6.07) is 0.945. The Bertz CT molecular complexity index is 276. The van der Waals surface area contributed by atoms with E-state index in [2.05, 4.69) is 4.98 Å². The van der Waals surface area contributed by atoms with E-state index in [-0.39, 0.29) is 12.1 Å². The minimum absolute atomic E-state index is 0.0313. The normalized spacial score (nSPS) is 13.0. The zero-order valence-corrected chi connectivity index (χ0v) is 6.59. The Kier molecular flexibility index (Phi) is 2.70. The van der Waals surface area contributed by atoms with Gasteiger partial charge in [-0.25, -0.2) is 8.78 Å². The standard InChI is InChI=1S/C8H9F2NO/c1-5(12)4-7-8(10)6(9)2-3-11-7/h2-3,5,12H,4H2,1H3. The number of halogens is 2. The highest BCUT2D eigenvalue weighted by Crippen LogP contribution is 2.09. The first-order valence-electron chi connectivity index (χ1n) is 3.58. The molecule has 12 heavy (non-hydrogen) atoms. The third kappa shape index (κ3) is 1.98. The summed E-state index contributed by atoms with van der Waals surface area (Å²) in [6.45, 7) is 1.49. The maximum atomic E-state index is 12.8. The fourth-order valence-corrected chi connectivity index (χ4v) is 0.882. The summed E-state index contributed by atoms with van der Waals surface area (Å²) in [4.78, 5) is 3.60. The molecule has 0 bridgehead atoms. The molecule has 1 unspecified atom stereocenters. The van der Waals surface area contributed by atoms with Gasteiger partial charge in [0, 0.05) is 12.6 Å². The van der Waals surface area contributed by atoms with Crippen molar-refractivity contribution >= 4 is 0 Å². The fraction of sp³-hybridized carbons (Fsp3) is 0.375. The molecule has 66 valence electrons. The van der Waals surface area contributed by atoms with E-state index in [9.17, 15) is 8.78 Å². The first kappa shape index (κ1) is 9.06. The van der Waals surface area contributed by atoms with Gasteiger partial charge in [0.15, 0.2) is 11.6 Å². The Morgan fingerprint density at radius 1 is 1.58 bits per heavy atom. The van der Waals surface area contributed by atoms with Crippen LogP contribution in [-0.2, 0) is 6.42 Å². The summed E-state index contributed by atoms with van der Waals surface area (Å²) in [5, 5.41) is 8.89. The number of hydrogen-bond donors (Lipinski definition) is 1. The molecule has 0 aliphatic rings. The van der Waals surface area contributed by atoms with Crippen molar-refractivity contribution in [3.8, 4) is 0 Å². The molecular weight excluding hydrogens is 164 g/mol. The van der Waals surface area contributed by atoms with Crippen molar-refractivity contribution in [3.63, 3.8) is 0 Å². The highest BCUT2D eigenvalue weighted by molar-refractivity contribution is 5.09. The van der Waals surface area contributed by atoms with Gasteiger partial charge < -0.3 is 5.11 Å². The van der Waals surface area contributed by atoms with Gasteiger partial charge >= 0.3 is 0 Å². The second kappa shape index (κ2) is 3.58. The largest absolute Gasteiger partial charge is 0.393 e. The zero-order valence-electron chi connectivity index (χ0n) is 6.59. The van der Waals surface area contributed by atoms with Gasteiger partial charge in [-0.05, 0) is 13.0 Å². The molecule has 1 aromatic heterocycles. The SMILES string of the molecule is CC(O)Cc1nccc(F)c1F. The highest BCUT2D eigenvalue weighted by atomic mass is 19.2. The summed E-state index contributed by atoms with van der Waals surface area (Å²) in [7, 11) is 0. The summed E-state index contributed by atoms with van der Waals surface area (Å²) >= 11 is 0. The number of hydrogen-bond acceptors (Lipinski definition) is 2. The third-order valence-electron chi connectivity index (χ3n) is 1.40. The second-order valence-corrected chi connectivity index (χ2v) is 2.61. The monoisotopic (exact) mass is 173 g/mol. The average Bonchev–Trinajstić information content (AvgIpc) is 1.98. The molecule has 1 rings (SSSR count). The van der Waals surface area contributed by atoms with Gasteiger partial charge in [-0.15, -0.1) is 0 Å². The smallest absolute Gasteiger partial charge is 0.180 e. The van der Waals surface area contributed by atoms with Crippen LogP contribution in [0.1, 0.15) is 12.6 Å². The number of aromatic nitrogens is 1. The first-order valence-corrected chi connectivity index (χ1v) is 3.58. The van der Waals surface area contributed by atoms with Crippen molar-refractivity contribution in [1.29, 1.82) is 0 Å². The average molecular weight is 173 g/mol. The van der Waals surface area contributed by atoms with Gasteiger partial charge in [-0.3, -0.25) is 4.98 Å². The predicted molar refractivity (Wildman–Crippen MR) is 39.5 cm³/mol. The molecule has 0 radical (unpaired) electrons. The Balaban J connectivity index is 2.92. The predicted octanol–water partition coefficient (Wildman–Crippen LogP) is 1.28. The van der Waals surface area contributed by atoms with E-state index in [1.54, 1.807) is 0 Å². The minimum Gasteiger partial charge on any atom is -0.393 e. The minimum atomic E-state index is -0.974. The number of rotatable bonds is 2. The van der Waals surface area contributed by atoms with E-state index >= 15 is 0 Å². The molecule has 0 aliphatic heterocycles. The van der Waals surface area contributed by atoms with Crippen LogP contribution in [-0.4, -0.2) is 16.2 Å².